The van der Waals surface area contributed by atoms with E-state index >= 15 is 0 Å². The zero-order valence-corrected chi connectivity index (χ0v) is 22.7. The average Bonchev–Trinajstić information content (AvgIpc) is 3.37. The first-order valence-corrected chi connectivity index (χ1v) is 13.7. The van der Waals surface area contributed by atoms with E-state index in [2.05, 4.69) is 87.2 Å². The first-order valence-electron chi connectivity index (χ1n) is 12.9. The van der Waals surface area contributed by atoms with Gasteiger partial charge >= 0.3 is 0 Å². The van der Waals surface area contributed by atoms with Crippen molar-refractivity contribution in [2.24, 2.45) is 0 Å². The number of halogens is 1. The number of rotatable bonds is 6. The maximum absolute atomic E-state index is 4.96. The zero-order chi connectivity index (χ0) is 25.2. The lowest BCUT2D eigenvalue weighted by Gasteiger charge is -2.36. The van der Waals surface area contributed by atoms with Gasteiger partial charge in [-0.25, -0.2) is 19.9 Å². The van der Waals surface area contributed by atoms with E-state index in [1.54, 1.807) is 6.33 Å². The highest BCUT2D eigenvalue weighted by molar-refractivity contribution is 9.10. The molecule has 192 valence electrons. The third kappa shape index (κ3) is 5.46. The summed E-state index contributed by atoms with van der Waals surface area (Å²) in [5, 5.41) is 3.73. The molecule has 10 heteroatoms. The average molecular weight is 563 g/mol. The smallest absolute Gasteiger partial charge is 0.159 e. The van der Waals surface area contributed by atoms with Gasteiger partial charge in [0, 0.05) is 74.2 Å². The number of hydrogen-bond donors (Lipinski definition) is 2. The minimum absolute atomic E-state index is 0.444. The van der Waals surface area contributed by atoms with Crippen molar-refractivity contribution in [2.45, 2.75) is 25.4 Å². The number of likely N-dealkylation sites (tertiary alicyclic amines) is 1. The Morgan fingerprint density at radius 2 is 1.70 bits per heavy atom. The first kappa shape index (κ1) is 24.3. The van der Waals surface area contributed by atoms with Gasteiger partial charge in [-0.2, -0.15) is 0 Å². The van der Waals surface area contributed by atoms with Gasteiger partial charge in [-0.05, 0) is 73.2 Å². The van der Waals surface area contributed by atoms with Crippen LogP contribution in [0.3, 0.4) is 0 Å². The Balaban J connectivity index is 1.13. The second kappa shape index (κ2) is 10.7. The summed E-state index contributed by atoms with van der Waals surface area (Å²) in [5.74, 6) is 0.841. The van der Waals surface area contributed by atoms with Crippen LogP contribution in [0, 0.1) is 0 Å². The number of nitrogens with one attached hydrogen (secondary N) is 2. The topological polar surface area (TPSA) is 89.1 Å². The summed E-state index contributed by atoms with van der Waals surface area (Å²) in [4.78, 5) is 28.5. The lowest BCUT2D eigenvalue weighted by Crippen LogP contribution is -2.45. The van der Waals surface area contributed by atoms with Gasteiger partial charge in [-0.1, -0.05) is 0 Å². The standard InChI is InChI=1S/C27H32BrN9/c1-35-8-6-21(7-9-35)32-24-23(28)16-31-27-25(24)33-26(34-27)20-2-4-22(5-3-20)37-12-10-36(11-13-37)17-19-14-29-18-30-15-19/h2-5,14-16,18,21H,6-13,17H2,1H3,(H2,31,32,33,34). The van der Waals surface area contributed by atoms with Crippen molar-refractivity contribution in [2.75, 3.05) is 56.5 Å². The van der Waals surface area contributed by atoms with Crippen LogP contribution in [0.5, 0.6) is 0 Å². The second-order valence-corrected chi connectivity index (χ2v) is 10.9. The van der Waals surface area contributed by atoms with Crippen LogP contribution in [-0.4, -0.2) is 87.1 Å². The summed E-state index contributed by atoms with van der Waals surface area (Å²) in [6.45, 7) is 7.17. The number of hydrogen-bond acceptors (Lipinski definition) is 8. The summed E-state index contributed by atoms with van der Waals surface area (Å²) in [7, 11) is 2.18. The molecule has 2 saturated heterocycles. The molecule has 0 aliphatic carbocycles. The number of imidazole rings is 1. The van der Waals surface area contributed by atoms with Gasteiger partial charge in [0.05, 0.1) is 10.2 Å². The molecule has 2 aliphatic heterocycles. The molecule has 0 saturated carbocycles. The maximum atomic E-state index is 4.96. The molecule has 3 aromatic heterocycles. The van der Waals surface area contributed by atoms with Crippen LogP contribution >= 0.6 is 15.9 Å². The van der Waals surface area contributed by atoms with Crippen molar-refractivity contribution < 1.29 is 0 Å². The van der Waals surface area contributed by atoms with Crippen molar-refractivity contribution in [1.82, 2.24) is 34.7 Å². The number of piperazine rings is 1. The van der Waals surface area contributed by atoms with E-state index in [1.165, 1.54) is 5.69 Å². The molecule has 37 heavy (non-hydrogen) atoms. The Morgan fingerprint density at radius 3 is 2.43 bits per heavy atom. The van der Waals surface area contributed by atoms with Crippen LogP contribution < -0.4 is 10.2 Å². The Hall–Kier alpha value is -3.08. The van der Waals surface area contributed by atoms with E-state index in [9.17, 15) is 0 Å². The minimum atomic E-state index is 0.444. The molecule has 2 aliphatic rings. The molecular formula is C27H32BrN9. The van der Waals surface area contributed by atoms with E-state index in [4.69, 9.17) is 4.98 Å². The number of aromatic amines is 1. The molecule has 0 radical (unpaired) electrons. The van der Waals surface area contributed by atoms with Crippen LogP contribution in [0.1, 0.15) is 18.4 Å². The first-order chi connectivity index (χ1) is 18.1. The molecule has 4 aromatic rings. The fourth-order valence-electron chi connectivity index (χ4n) is 5.23. The SMILES string of the molecule is CN1CCC(Nc2c(Br)cnc3[nH]c(-c4ccc(N5CCN(Cc6cncnc6)CC5)cc4)nc23)CC1. The fraction of sp³-hybridized carbons (Fsp3) is 0.407. The van der Waals surface area contributed by atoms with Gasteiger partial charge in [0.15, 0.2) is 5.65 Å². The predicted molar refractivity (Wildman–Crippen MR) is 151 cm³/mol. The molecule has 0 spiro atoms. The van der Waals surface area contributed by atoms with E-state index < -0.39 is 0 Å². The van der Waals surface area contributed by atoms with Gasteiger partial charge < -0.3 is 20.1 Å². The summed E-state index contributed by atoms with van der Waals surface area (Å²) in [6, 6.07) is 9.15. The maximum Gasteiger partial charge on any atom is 0.159 e. The number of nitrogens with zero attached hydrogens (tertiary/aromatic N) is 7. The van der Waals surface area contributed by atoms with Gasteiger partial charge in [-0.3, -0.25) is 4.90 Å². The van der Waals surface area contributed by atoms with E-state index in [0.29, 0.717) is 6.04 Å². The van der Waals surface area contributed by atoms with E-state index in [-0.39, 0.29) is 0 Å². The highest BCUT2D eigenvalue weighted by Gasteiger charge is 2.21. The molecular weight excluding hydrogens is 530 g/mol. The van der Waals surface area contributed by atoms with Gasteiger partial charge in [0.1, 0.15) is 17.7 Å². The third-order valence-electron chi connectivity index (χ3n) is 7.43. The number of pyridine rings is 1. The van der Waals surface area contributed by atoms with Crippen LogP contribution in [-0.2, 0) is 6.54 Å². The highest BCUT2D eigenvalue weighted by Crippen LogP contribution is 2.33. The van der Waals surface area contributed by atoms with Crippen LogP contribution in [0.15, 0.2) is 53.7 Å². The molecule has 0 atom stereocenters. The Bertz CT molecular complexity index is 1330. The third-order valence-corrected chi connectivity index (χ3v) is 8.03. The quantitative estimate of drug-likeness (QED) is 0.365. The molecule has 0 unspecified atom stereocenters. The van der Waals surface area contributed by atoms with E-state index in [0.717, 1.165) is 96.9 Å². The van der Waals surface area contributed by atoms with Crippen LogP contribution in [0.25, 0.3) is 22.6 Å². The Kier molecular flexibility index (Phi) is 7.04. The molecule has 1 aromatic carbocycles. The Labute approximate surface area is 225 Å². The normalized spacial score (nSPS) is 17.9. The van der Waals surface area contributed by atoms with Crippen molar-refractivity contribution in [1.29, 1.82) is 0 Å². The van der Waals surface area contributed by atoms with Crippen molar-refractivity contribution in [3.63, 3.8) is 0 Å². The number of aromatic nitrogens is 5. The molecule has 6 rings (SSSR count). The predicted octanol–water partition coefficient (Wildman–Crippen LogP) is 4.01. The zero-order valence-electron chi connectivity index (χ0n) is 21.1. The largest absolute Gasteiger partial charge is 0.379 e. The van der Waals surface area contributed by atoms with Crippen LogP contribution in [0.2, 0.25) is 0 Å². The summed E-state index contributed by atoms with van der Waals surface area (Å²) in [6.07, 6.45) is 9.49. The monoisotopic (exact) mass is 561 g/mol. The lowest BCUT2D eigenvalue weighted by atomic mass is 10.1. The van der Waals surface area contributed by atoms with Gasteiger partial charge in [0.25, 0.3) is 0 Å². The van der Waals surface area contributed by atoms with Crippen LogP contribution in [0.4, 0.5) is 11.4 Å². The summed E-state index contributed by atoms with van der Waals surface area (Å²) >= 11 is 3.69. The number of piperidine rings is 1. The number of fused-ring (bicyclic) bond motifs is 1. The molecule has 0 amide bonds. The molecule has 2 N–H and O–H groups in total. The van der Waals surface area contributed by atoms with Gasteiger partial charge in [0.2, 0.25) is 0 Å². The minimum Gasteiger partial charge on any atom is -0.379 e. The van der Waals surface area contributed by atoms with Crippen molar-refractivity contribution >= 4 is 38.5 Å². The second-order valence-electron chi connectivity index (χ2n) is 10.0. The molecule has 9 nitrogen and oxygen atoms in total. The van der Waals surface area contributed by atoms with E-state index in [1.807, 2.05) is 18.6 Å². The summed E-state index contributed by atoms with van der Waals surface area (Å²) < 4.78 is 0.950. The molecule has 0 bridgehead atoms. The van der Waals surface area contributed by atoms with Crippen molar-refractivity contribution in [3.8, 4) is 11.4 Å². The fourth-order valence-corrected chi connectivity index (χ4v) is 5.63. The number of H-pyrrole nitrogens is 1. The summed E-state index contributed by atoms with van der Waals surface area (Å²) in [5.41, 5.74) is 6.18. The van der Waals surface area contributed by atoms with Gasteiger partial charge in [-0.15, -0.1) is 0 Å². The number of benzene rings is 1. The number of anilines is 2. The Morgan fingerprint density at radius 1 is 0.973 bits per heavy atom. The molecule has 5 heterocycles. The molecule has 2 fully saturated rings. The lowest BCUT2D eigenvalue weighted by molar-refractivity contribution is 0.249. The van der Waals surface area contributed by atoms with Crippen molar-refractivity contribution in [3.05, 3.63) is 59.2 Å². The highest BCUT2D eigenvalue weighted by atomic mass is 79.9.